The average Bonchev–Trinajstić information content (AvgIpc) is 2.67. The molecule has 0 bridgehead atoms. The smallest absolute Gasteiger partial charge is 0.252 e. The molecule has 152 valence electrons. The number of amides is 1. The minimum Gasteiger partial charge on any atom is -0.491 e. The number of para-hydroxylation sites is 1. The fraction of sp³-hybridized carbons (Fsp3) is 0.350. The van der Waals surface area contributed by atoms with Gasteiger partial charge < -0.3 is 10.1 Å². The van der Waals surface area contributed by atoms with E-state index in [0.29, 0.717) is 30.7 Å². The lowest BCUT2D eigenvalue weighted by atomic mass is 10.2. The van der Waals surface area contributed by atoms with E-state index >= 15 is 0 Å². The van der Waals surface area contributed by atoms with E-state index in [1.54, 1.807) is 19.9 Å². The number of ether oxygens (including phenoxy) is 1. The second-order valence-electron chi connectivity index (χ2n) is 6.10. The van der Waals surface area contributed by atoms with Crippen molar-refractivity contribution in [3.8, 4) is 5.75 Å². The van der Waals surface area contributed by atoms with Gasteiger partial charge in [-0.2, -0.15) is 4.31 Å². The van der Waals surface area contributed by atoms with Crippen LogP contribution in [0.3, 0.4) is 0 Å². The Morgan fingerprint density at radius 3 is 2.46 bits per heavy atom. The Morgan fingerprint density at radius 1 is 1.14 bits per heavy atom. The lowest BCUT2D eigenvalue weighted by Gasteiger charge is -2.19. The third kappa shape index (κ3) is 5.33. The van der Waals surface area contributed by atoms with Crippen LogP contribution in [-0.2, 0) is 10.0 Å². The maximum Gasteiger partial charge on any atom is 0.252 e. The summed E-state index contributed by atoms with van der Waals surface area (Å²) in [5.41, 5.74) is 1.29. The lowest BCUT2D eigenvalue weighted by Crippen LogP contribution is -2.31. The Kier molecular flexibility index (Phi) is 8.03. The van der Waals surface area contributed by atoms with Crippen LogP contribution in [0.15, 0.2) is 51.8 Å². The van der Waals surface area contributed by atoms with Crippen LogP contribution < -0.4 is 10.1 Å². The summed E-state index contributed by atoms with van der Waals surface area (Å²) >= 11 is 3.32. The molecule has 0 fully saturated rings. The highest BCUT2D eigenvalue weighted by Gasteiger charge is 2.23. The Morgan fingerprint density at radius 2 is 1.82 bits per heavy atom. The van der Waals surface area contributed by atoms with E-state index in [-0.39, 0.29) is 16.4 Å². The molecule has 0 radical (unpaired) electrons. The van der Waals surface area contributed by atoms with Crippen LogP contribution in [0.2, 0.25) is 0 Å². The zero-order chi connectivity index (χ0) is 20.7. The third-order valence-corrected chi connectivity index (χ3v) is 7.00. The van der Waals surface area contributed by atoms with E-state index in [4.69, 9.17) is 4.74 Å². The molecule has 2 aromatic rings. The van der Waals surface area contributed by atoms with Crippen LogP contribution in [0.1, 0.15) is 29.8 Å². The molecule has 8 heteroatoms. The molecule has 28 heavy (non-hydrogen) atoms. The maximum absolute atomic E-state index is 12.7. The summed E-state index contributed by atoms with van der Waals surface area (Å²) in [6.45, 7) is 6.86. The number of benzene rings is 2. The second kappa shape index (κ2) is 10.0. The highest BCUT2D eigenvalue weighted by molar-refractivity contribution is 9.10. The molecule has 0 heterocycles. The van der Waals surface area contributed by atoms with Crippen molar-refractivity contribution in [2.45, 2.75) is 25.7 Å². The first-order chi connectivity index (χ1) is 13.3. The van der Waals surface area contributed by atoms with Crippen molar-refractivity contribution in [2.75, 3.05) is 26.2 Å². The molecule has 0 aliphatic heterocycles. The quantitative estimate of drug-likeness (QED) is 0.570. The number of nitrogens with zero attached hydrogens (tertiary/aromatic N) is 1. The number of hydrogen-bond acceptors (Lipinski definition) is 4. The molecular formula is C20H25BrN2O4S. The number of nitrogens with one attached hydrogen (secondary N) is 1. The lowest BCUT2D eigenvalue weighted by molar-refractivity contribution is 0.0946. The van der Waals surface area contributed by atoms with E-state index in [1.807, 2.05) is 31.2 Å². The van der Waals surface area contributed by atoms with E-state index in [1.165, 1.54) is 16.4 Å². The van der Waals surface area contributed by atoms with Gasteiger partial charge in [-0.05, 0) is 52.7 Å². The van der Waals surface area contributed by atoms with Crippen LogP contribution in [0.5, 0.6) is 5.75 Å². The van der Waals surface area contributed by atoms with E-state index in [0.717, 1.165) is 11.3 Å². The predicted octanol–water partition coefficient (Wildman–Crippen LogP) is 3.60. The van der Waals surface area contributed by atoms with Gasteiger partial charge in [0.2, 0.25) is 10.0 Å². The summed E-state index contributed by atoms with van der Waals surface area (Å²) in [5, 5.41) is 2.76. The molecule has 0 aliphatic carbocycles. The van der Waals surface area contributed by atoms with Crippen LogP contribution in [0.25, 0.3) is 0 Å². The predicted molar refractivity (Wildman–Crippen MR) is 113 cm³/mol. The molecule has 0 aliphatic rings. The van der Waals surface area contributed by atoms with Gasteiger partial charge in [-0.3, -0.25) is 4.79 Å². The highest BCUT2D eigenvalue weighted by atomic mass is 79.9. The van der Waals surface area contributed by atoms with Crippen LogP contribution in [0.4, 0.5) is 0 Å². The molecule has 0 spiro atoms. The Bertz CT molecular complexity index is 928. The summed E-state index contributed by atoms with van der Waals surface area (Å²) in [7, 11) is -3.63. The number of hydrogen-bond donors (Lipinski definition) is 1. The standard InChI is InChI=1S/C20H25BrN2O4S/c1-4-23(5-2)28(25,26)16-10-11-18(21)17(14-16)20(24)22-12-13-27-19-9-7-6-8-15(19)3/h6-11,14H,4-5,12-13H2,1-3H3,(H,22,24). The Balaban J connectivity index is 2.06. The largest absolute Gasteiger partial charge is 0.491 e. The maximum atomic E-state index is 12.7. The molecule has 0 unspecified atom stereocenters. The van der Waals surface area contributed by atoms with Crippen molar-refractivity contribution in [1.29, 1.82) is 0 Å². The van der Waals surface area contributed by atoms with Crippen LogP contribution in [0, 0.1) is 6.92 Å². The first kappa shape index (κ1) is 22.4. The van der Waals surface area contributed by atoms with Gasteiger partial charge in [-0.1, -0.05) is 32.0 Å². The fourth-order valence-corrected chi connectivity index (χ4v) is 4.60. The summed E-state index contributed by atoms with van der Waals surface area (Å²) in [5.74, 6) is 0.405. The first-order valence-electron chi connectivity index (χ1n) is 9.07. The number of halogens is 1. The summed E-state index contributed by atoms with van der Waals surface area (Å²) in [4.78, 5) is 12.6. The zero-order valence-corrected chi connectivity index (χ0v) is 18.6. The number of aryl methyl sites for hydroxylation is 1. The molecule has 0 atom stereocenters. The SMILES string of the molecule is CCN(CC)S(=O)(=O)c1ccc(Br)c(C(=O)NCCOc2ccccc2C)c1. The minimum absolute atomic E-state index is 0.0979. The van der Waals surface area contributed by atoms with Crippen molar-refractivity contribution in [1.82, 2.24) is 9.62 Å². The van der Waals surface area contributed by atoms with Crippen molar-refractivity contribution in [3.05, 3.63) is 58.1 Å². The molecule has 0 aromatic heterocycles. The van der Waals surface area contributed by atoms with Gasteiger partial charge in [0.25, 0.3) is 5.91 Å². The minimum atomic E-state index is -3.63. The van der Waals surface area contributed by atoms with Crippen molar-refractivity contribution >= 4 is 31.9 Å². The number of carbonyl (C=O) groups is 1. The molecule has 0 saturated heterocycles. The molecule has 2 aromatic carbocycles. The van der Waals surface area contributed by atoms with E-state index in [9.17, 15) is 13.2 Å². The first-order valence-corrected chi connectivity index (χ1v) is 11.3. The Hall–Kier alpha value is -1.90. The van der Waals surface area contributed by atoms with Gasteiger partial charge in [-0.25, -0.2) is 8.42 Å². The zero-order valence-electron chi connectivity index (χ0n) is 16.2. The van der Waals surface area contributed by atoms with Crippen molar-refractivity contribution < 1.29 is 17.9 Å². The van der Waals surface area contributed by atoms with Gasteiger partial charge >= 0.3 is 0 Å². The van der Waals surface area contributed by atoms with Gasteiger partial charge in [0.15, 0.2) is 0 Å². The van der Waals surface area contributed by atoms with Gasteiger partial charge in [0, 0.05) is 17.6 Å². The van der Waals surface area contributed by atoms with Gasteiger partial charge in [0.05, 0.1) is 17.0 Å². The molecule has 1 N–H and O–H groups in total. The number of carbonyl (C=O) groups excluding carboxylic acids is 1. The molecule has 0 saturated carbocycles. The molecular weight excluding hydrogens is 444 g/mol. The normalized spacial score (nSPS) is 11.5. The molecule has 6 nitrogen and oxygen atoms in total. The average molecular weight is 469 g/mol. The summed E-state index contributed by atoms with van der Waals surface area (Å²) in [6.07, 6.45) is 0. The van der Waals surface area contributed by atoms with E-state index < -0.39 is 10.0 Å². The van der Waals surface area contributed by atoms with Crippen LogP contribution >= 0.6 is 15.9 Å². The van der Waals surface area contributed by atoms with E-state index in [2.05, 4.69) is 21.2 Å². The fourth-order valence-electron chi connectivity index (χ4n) is 2.69. The van der Waals surface area contributed by atoms with Crippen LogP contribution in [-0.4, -0.2) is 44.9 Å². The van der Waals surface area contributed by atoms with Crippen molar-refractivity contribution in [3.63, 3.8) is 0 Å². The Labute approximate surface area is 175 Å². The topological polar surface area (TPSA) is 75.7 Å². The van der Waals surface area contributed by atoms with Gasteiger partial charge in [-0.15, -0.1) is 0 Å². The highest BCUT2D eigenvalue weighted by Crippen LogP contribution is 2.23. The van der Waals surface area contributed by atoms with Crippen molar-refractivity contribution in [2.24, 2.45) is 0 Å². The monoisotopic (exact) mass is 468 g/mol. The summed E-state index contributed by atoms with van der Waals surface area (Å²) < 4.78 is 32.9. The summed E-state index contributed by atoms with van der Waals surface area (Å²) in [6, 6.07) is 12.1. The molecule has 1 amide bonds. The second-order valence-corrected chi connectivity index (χ2v) is 8.89. The third-order valence-electron chi connectivity index (χ3n) is 4.26. The number of sulfonamides is 1. The van der Waals surface area contributed by atoms with Gasteiger partial charge in [0.1, 0.15) is 12.4 Å². The molecule has 2 rings (SSSR count). The number of rotatable bonds is 9.